The molecule has 37 heavy (non-hydrogen) atoms. The second kappa shape index (κ2) is 12.0. The van der Waals surface area contributed by atoms with Gasteiger partial charge in [-0.3, -0.25) is 4.79 Å². The maximum Gasteiger partial charge on any atom is 0.408 e. The van der Waals surface area contributed by atoms with Gasteiger partial charge in [0.2, 0.25) is 0 Å². The van der Waals surface area contributed by atoms with Gasteiger partial charge in [0.05, 0.1) is 5.92 Å². The van der Waals surface area contributed by atoms with E-state index in [1.807, 2.05) is 31.2 Å². The Kier molecular flexibility index (Phi) is 9.02. The molecule has 1 unspecified atom stereocenters. The molecule has 3 rings (SSSR count). The summed E-state index contributed by atoms with van der Waals surface area (Å²) in [5.41, 5.74) is 1.09. The first-order valence-electron chi connectivity index (χ1n) is 12.3. The van der Waals surface area contributed by atoms with Crippen molar-refractivity contribution in [1.29, 1.82) is 0 Å². The minimum Gasteiger partial charge on any atom is -0.490 e. The molecule has 0 radical (unpaired) electrons. The number of carboxylic acids is 2. The van der Waals surface area contributed by atoms with E-state index in [9.17, 15) is 24.6 Å². The van der Waals surface area contributed by atoms with Crippen molar-refractivity contribution in [3.05, 3.63) is 59.7 Å². The zero-order valence-corrected chi connectivity index (χ0v) is 21.6. The summed E-state index contributed by atoms with van der Waals surface area (Å²) < 4.78 is 17.0. The van der Waals surface area contributed by atoms with Crippen molar-refractivity contribution in [2.24, 2.45) is 5.92 Å². The number of carbonyl (C=O) groups is 3. The summed E-state index contributed by atoms with van der Waals surface area (Å²) in [6.07, 6.45) is 0.615. The van der Waals surface area contributed by atoms with Crippen LogP contribution in [0.3, 0.4) is 0 Å². The molecule has 2 atom stereocenters. The summed E-state index contributed by atoms with van der Waals surface area (Å²) in [7, 11) is 0. The Morgan fingerprint density at radius 2 is 1.41 bits per heavy atom. The predicted molar refractivity (Wildman–Crippen MR) is 136 cm³/mol. The molecular formula is C28H35NO8. The van der Waals surface area contributed by atoms with Crippen LogP contribution in [0.2, 0.25) is 0 Å². The van der Waals surface area contributed by atoms with Crippen LogP contribution in [0.5, 0.6) is 11.5 Å². The van der Waals surface area contributed by atoms with Crippen molar-refractivity contribution in [1.82, 2.24) is 5.32 Å². The third-order valence-corrected chi connectivity index (χ3v) is 5.94. The second-order valence-corrected chi connectivity index (χ2v) is 10.4. The predicted octanol–water partition coefficient (Wildman–Crippen LogP) is 4.60. The molecule has 1 aliphatic carbocycles. The Bertz CT molecular complexity index is 1070. The molecule has 1 fully saturated rings. The molecule has 1 amide bonds. The van der Waals surface area contributed by atoms with Crippen molar-refractivity contribution >= 4 is 18.0 Å². The van der Waals surface area contributed by atoms with Gasteiger partial charge in [-0.2, -0.15) is 0 Å². The van der Waals surface area contributed by atoms with Crippen LogP contribution in [0.4, 0.5) is 4.79 Å². The van der Waals surface area contributed by atoms with Crippen molar-refractivity contribution in [3.63, 3.8) is 0 Å². The lowest BCUT2D eigenvalue weighted by Crippen LogP contribution is -2.45. The van der Waals surface area contributed by atoms with Crippen molar-refractivity contribution < 1.29 is 38.8 Å². The first-order chi connectivity index (χ1) is 17.4. The first-order valence-corrected chi connectivity index (χ1v) is 12.3. The van der Waals surface area contributed by atoms with Gasteiger partial charge >= 0.3 is 18.0 Å². The summed E-state index contributed by atoms with van der Waals surface area (Å²) in [6, 6.07) is 13.6. The Labute approximate surface area is 216 Å². The minimum absolute atomic E-state index is 0.0447. The van der Waals surface area contributed by atoms with Crippen LogP contribution in [-0.4, -0.2) is 52.1 Å². The topological polar surface area (TPSA) is 131 Å². The molecule has 0 saturated heterocycles. The largest absolute Gasteiger partial charge is 0.490 e. The first kappa shape index (κ1) is 27.8. The van der Waals surface area contributed by atoms with Gasteiger partial charge in [-0.25, -0.2) is 9.59 Å². The van der Waals surface area contributed by atoms with Gasteiger partial charge in [0.15, 0.2) is 0 Å². The molecule has 0 heterocycles. The number of carbonyl (C=O) groups excluding carboxylic acids is 1. The molecule has 1 saturated carbocycles. The van der Waals surface area contributed by atoms with Crippen LogP contribution in [0.1, 0.15) is 51.2 Å². The number of aryl methyl sites for hydroxylation is 1. The fourth-order valence-corrected chi connectivity index (χ4v) is 3.93. The standard InChI is InChI=1S/C28H35NO8/c1-17-5-9-20(10-6-17)35-22-15-23(16-22)36-21-11-7-18(8-12-21)13-19(25(30)31)14-24(26(32)33)29-27(34)37-28(2,3)4/h5-12,19,22-24H,13-16H2,1-4H3,(H,29,34)(H,30,31)(H,32,33)/t19?,22?,23?,24-/m0/s1. The van der Waals surface area contributed by atoms with E-state index in [1.54, 1.807) is 45.0 Å². The van der Waals surface area contributed by atoms with Gasteiger partial charge in [-0.15, -0.1) is 0 Å². The summed E-state index contributed by atoms with van der Waals surface area (Å²) >= 11 is 0. The molecule has 200 valence electrons. The van der Waals surface area contributed by atoms with Gasteiger partial charge in [0.25, 0.3) is 0 Å². The van der Waals surface area contributed by atoms with E-state index in [0.717, 1.165) is 24.2 Å². The summed E-state index contributed by atoms with van der Waals surface area (Å²) in [5.74, 6) is -1.98. The Balaban J connectivity index is 1.49. The number of nitrogens with one attached hydrogen (secondary N) is 1. The fraction of sp³-hybridized carbons (Fsp3) is 0.464. The van der Waals surface area contributed by atoms with E-state index in [0.29, 0.717) is 5.75 Å². The van der Waals surface area contributed by atoms with Gasteiger partial charge in [-0.05, 0) is 70.4 Å². The van der Waals surface area contributed by atoms with Gasteiger partial charge in [-0.1, -0.05) is 29.8 Å². The molecule has 2 aromatic rings. The van der Waals surface area contributed by atoms with Crippen molar-refractivity contribution in [2.45, 2.75) is 77.2 Å². The monoisotopic (exact) mass is 513 g/mol. The second-order valence-electron chi connectivity index (χ2n) is 10.4. The molecular weight excluding hydrogens is 478 g/mol. The van der Waals surface area contributed by atoms with Crippen LogP contribution in [0.25, 0.3) is 0 Å². The normalized spacial score (nSPS) is 18.6. The Morgan fingerprint density at radius 3 is 1.86 bits per heavy atom. The quantitative estimate of drug-likeness (QED) is 0.397. The number of ether oxygens (including phenoxy) is 3. The third kappa shape index (κ3) is 9.00. The number of amides is 1. The molecule has 0 spiro atoms. The van der Waals surface area contributed by atoms with Crippen LogP contribution in [-0.2, 0) is 20.7 Å². The zero-order valence-electron chi connectivity index (χ0n) is 21.6. The lowest BCUT2D eigenvalue weighted by molar-refractivity contribution is -0.144. The molecule has 0 bridgehead atoms. The van der Waals surface area contributed by atoms with Crippen LogP contribution in [0.15, 0.2) is 48.5 Å². The van der Waals surface area contributed by atoms with E-state index < -0.39 is 35.6 Å². The Hall–Kier alpha value is -3.75. The van der Waals surface area contributed by atoms with Crippen LogP contribution in [0, 0.1) is 12.8 Å². The summed E-state index contributed by atoms with van der Waals surface area (Å²) in [5, 5.41) is 21.4. The highest BCUT2D eigenvalue weighted by molar-refractivity contribution is 5.81. The number of aliphatic carboxylic acids is 2. The van der Waals surface area contributed by atoms with Gasteiger partial charge in [0, 0.05) is 12.8 Å². The average Bonchev–Trinajstić information content (AvgIpc) is 2.77. The SMILES string of the molecule is Cc1ccc(OC2CC(Oc3ccc(CC(C[C@H](NC(=O)OC(C)(C)C)C(=O)O)C(=O)O)cc3)C2)cc1. The summed E-state index contributed by atoms with van der Waals surface area (Å²) in [4.78, 5) is 35.5. The lowest BCUT2D eigenvalue weighted by atomic mass is 9.91. The number of benzene rings is 2. The van der Waals surface area contributed by atoms with Crippen molar-refractivity contribution in [3.8, 4) is 11.5 Å². The van der Waals surface area contributed by atoms with E-state index in [4.69, 9.17) is 14.2 Å². The molecule has 9 nitrogen and oxygen atoms in total. The number of carboxylic acid groups (broad SMARTS) is 2. The van der Waals surface area contributed by atoms with E-state index in [2.05, 4.69) is 5.32 Å². The molecule has 9 heteroatoms. The lowest BCUT2D eigenvalue weighted by Gasteiger charge is -2.35. The van der Waals surface area contributed by atoms with Gasteiger partial charge in [0.1, 0.15) is 35.3 Å². The highest BCUT2D eigenvalue weighted by atomic mass is 16.6. The Morgan fingerprint density at radius 1 is 0.892 bits per heavy atom. The molecule has 0 aromatic heterocycles. The van der Waals surface area contributed by atoms with E-state index in [1.165, 1.54) is 5.56 Å². The number of alkyl carbamates (subject to hydrolysis) is 1. The summed E-state index contributed by atoms with van der Waals surface area (Å²) in [6.45, 7) is 6.98. The maximum atomic E-state index is 12.0. The van der Waals surface area contributed by atoms with Crippen LogP contribution < -0.4 is 14.8 Å². The molecule has 1 aliphatic rings. The molecule has 0 aliphatic heterocycles. The zero-order chi connectivity index (χ0) is 27.2. The van der Waals surface area contributed by atoms with Crippen LogP contribution >= 0.6 is 0 Å². The van der Waals surface area contributed by atoms with Crippen molar-refractivity contribution in [2.75, 3.05) is 0 Å². The smallest absolute Gasteiger partial charge is 0.408 e. The van der Waals surface area contributed by atoms with E-state index >= 15 is 0 Å². The highest BCUT2D eigenvalue weighted by Crippen LogP contribution is 2.30. The number of rotatable bonds is 11. The fourth-order valence-electron chi connectivity index (χ4n) is 3.93. The molecule has 3 N–H and O–H groups in total. The third-order valence-electron chi connectivity index (χ3n) is 5.94. The number of hydrogen-bond donors (Lipinski definition) is 3. The minimum atomic E-state index is -1.40. The molecule has 2 aromatic carbocycles. The maximum absolute atomic E-state index is 12.0. The van der Waals surface area contributed by atoms with E-state index in [-0.39, 0.29) is 25.0 Å². The highest BCUT2D eigenvalue weighted by Gasteiger charge is 2.33. The average molecular weight is 514 g/mol. The number of hydrogen-bond acceptors (Lipinski definition) is 6. The van der Waals surface area contributed by atoms with Gasteiger partial charge < -0.3 is 29.7 Å².